The normalized spacial score (nSPS) is 10.9. The van der Waals surface area contributed by atoms with E-state index in [-0.39, 0.29) is 34.1 Å². The number of methoxy groups -OCH3 is 1. The molecule has 37 heavy (non-hydrogen) atoms. The van der Waals surface area contributed by atoms with Crippen LogP contribution in [-0.4, -0.2) is 33.9 Å². The molecule has 2 amide bonds. The number of furan rings is 1. The van der Waals surface area contributed by atoms with Crippen LogP contribution >= 0.6 is 0 Å². The summed E-state index contributed by atoms with van der Waals surface area (Å²) < 4.78 is 38.7. The highest BCUT2D eigenvalue weighted by Gasteiger charge is 2.29. The zero-order valence-corrected chi connectivity index (χ0v) is 20.8. The molecule has 3 aromatic carbocycles. The maximum atomic E-state index is 13.6. The van der Waals surface area contributed by atoms with Crippen LogP contribution in [0.4, 0.5) is 11.4 Å². The molecule has 0 spiro atoms. The van der Waals surface area contributed by atoms with Gasteiger partial charge in [-0.25, -0.2) is 8.42 Å². The smallest absolute Gasteiger partial charge is 0.264 e. The number of rotatable bonds is 10. The van der Waals surface area contributed by atoms with Crippen molar-refractivity contribution in [3.05, 3.63) is 109 Å². The van der Waals surface area contributed by atoms with Gasteiger partial charge in [0.15, 0.2) is 0 Å². The number of carbonyl (C=O) groups is 2. The summed E-state index contributed by atoms with van der Waals surface area (Å²) in [5.41, 5.74) is 0.659. The van der Waals surface area contributed by atoms with Gasteiger partial charge >= 0.3 is 0 Å². The highest BCUT2D eigenvalue weighted by atomic mass is 32.2. The Morgan fingerprint density at radius 3 is 2.32 bits per heavy atom. The Balaban J connectivity index is 1.59. The molecule has 0 saturated heterocycles. The third-order valence-electron chi connectivity index (χ3n) is 5.42. The molecule has 4 rings (SSSR count). The van der Waals surface area contributed by atoms with E-state index in [9.17, 15) is 18.0 Å². The summed E-state index contributed by atoms with van der Waals surface area (Å²) in [5.74, 6) is -0.205. The molecule has 0 aliphatic rings. The summed E-state index contributed by atoms with van der Waals surface area (Å²) in [5, 5.41) is 5.41. The number of amides is 2. The van der Waals surface area contributed by atoms with Gasteiger partial charge in [-0.05, 0) is 48.5 Å². The number of nitrogens with zero attached hydrogens (tertiary/aromatic N) is 1. The van der Waals surface area contributed by atoms with E-state index in [0.29, 0.717) is 5.76 Å². The molecule has 1 heterocycles. The van der Waals surface area contributed by atoms with Crippen LogP contribution in [0.1, 0.15) is 16.1 Å². The second-order valence-corrected chi connectivity index (χ2v) is 9.71. The minimum atomic E-state index is -4.13. The quantitative estimate of drug-likeness (QED) is 0.326. The fraction of sp³-hybridized carbons (Fsp3) is 0.111. The lowest BCUT2D eigenvalue weighted by atomic mass is 10.1. The van der Waals surface area contributed by atoms with E-state index >= 15 is 0 Å². The topological polar surface area (TPSA) is 118 Å². The average Bonchev–Trinajstić information content (AvgIpc) is 3.45. The lowest BCUT2D eigenvalue weighted by Crippen LogP contribution is -2.38. The van der Waals surface area contributed by atoms with Crippen molar-refractivity contribution in [1.29, 1.82) is 0 Å². The van der Waals surface area contributed by atoms with Gasteiger partial charge in [-0.15, -0.1) is 0 Å². The molecule has 0 aliphatic heterocycles. The van der Waals surface area contributed by atoms with Crippen molar-refractivity contribution in [2.45, 2.75) is 11.4 Å². The second-order valence-electron chi connectivity index (χ2n) is 7.85. The number of para-hydroxylation sites is 3. The van der Waals surface area contributed by atoms with Crippen molar-refractivity contribution < 1.29 is 27.2 Å². The van der Waals surface area contributed by atoms with Gasteiger partial charge in [-0.2, -0.15) is 0 Å². The van der Waals surface area contributed by atoms with Crippen LogP contribution in [0.25, 0.3) is 0 Å². The zero-order chi connectivity index (χ0) is 26.3. The largest absolute Gasteiger partial charge is 0.495 e. The van der Waals surface area contributed by atoms with Gasteiger partial charge in [0.05, 0.1) is 41.8 Å². The van der Waals surface area contributed by atoms with Crippen molar-refractivity contribution in [2.75, 3.05) is 23.3 Å². The number of carbonyl (C=O) groups excluding carboxylic acids is 2. The summed E-state index contributed by atoms with van der Waals surface area (Å²) in [6.07, 6.45) is 1.51. The molecule has 0 radical (unpaired) electrons. The lowest BCUT2D eigenvalue weighted by molar-refractivity contribution is -0.114. The van der Waals surface area contributed by atoms with Crippen molar-refractivity contribution in [3.8, 4) is 5.75 Å². The Morgan fingerprint density at radius 1 is 0.892 bits per heavy atom. The van der Waals surface area contributed by atoms with E-state index in [2.05, 4.69) is 10.6 Å². The number of anilines is 2. The van der Waals surface area contributed by atoms with E-state index in [1.54, 1.807) is 78.9 Å². The number of benzene rings is 3. The van der Waals surface area contributed by atoms with E-state index in [4.69, 9.17) is 9.15 Å². The summed E-state index contributed by atoms with van der Waals surface area (Å²) in [4.78, 5) is 26.0. The lowest BCUT2D eigenvalue weighted by Gasteiger charge is -2.25. The molecule has 0 unspecified atom stereocenters. The van der Waals surface area contributed by atoms with Crippen LogP contribution in [0.5, 0.6) is 5.75 Å². The van der Waals surface area contributed by atoms with Crippen LogP contribution in [0.2, 0.25) is 0 Å². The Kier molecular flexibility index (Phi) is 7.89. The third kappa shape index (κ3) is 5.99. The van der Waals surface area contributed by atoms with Gasteiger partial charge in [0.1, 0.15) is 18.1 Å². The summed E-state index contributed by atoms with van der Waals surface area (Å²) in [7, 11) is -2.71. The van der Waals surface area contributed by atoms with E-state index in [1.807, 2.05) is 0 Å². The van der Waals surface area contributed by atoms with Crippen LogP contribution < -0.4 is 19.7 Å². The van der Waals surface area contributed by atoms with E-state index < -0.39 is 28.4 Å². The third-order valence-corrected chi connectivity index (χ3v) is 7.20. The number of hydrogen-bond donors (Lipinski definition) is 2. The summed E-state index contributed by atoms with van der Waals surface area (Å²) >= 11 is 0. The molecule has 0 atom stereocenters. The fourth-order valence-corrected chi connectivity index (χ4v) is 5.09. The molecule has 0 bridgehead atoms. The predicted molar refractivity (Wildman–Crippen MR) is 139 cm³/mol. The summed E-state index contributed by atoms with van der Waals surface area (Å²) in [6.45, 7) is -0.384. The molecule has 190 valence electrons. The van der Waals surface area contributed by atoms with Gasteiger partial charge in [0.2, 0.25) is 5.91 Å². The molecular formula is C27H25N3O6S. The molecular weight excluding hydrogens is 494 g/mol. The van der Waals surface area contributed by atoms with Gasteiger partial charge < -0.3 is 19.8 Å². The van der Waals surface area contributed by atoms with Gasteiger partial charge in [-0.3, -0.25) is 13.9 Å². The summed E-state index contributed by atoms with van der Waals surface area (Å²) in [6, 6.07) is 24.2. The first-order valence-corrected chi connectivity index (χ1v) is 12.7. The van der Waals surface area contributed by atoms with Crippen molar-refractivity contribution >= 4 is 33.2 Å². The van der Waals surface area contributed by atoms with Crippen LogP contribution in [0.15, 0.2) is 107 Å². The molecule has 0 fully saturated rings. The monoisotopic (exact) mass is 519 g/mol. The van der Waals surface area contributed by atoms with Gasteiger partial charge in [-0.1, -0.05) is 42.5 Å². The molecule has 0 saturated carbocycles. The minimum absolute atomic E-state index is 0.0198. The molecule has 9 nitrogen and oxygen atoms in total. The highest BCUT2D eigenvalue weighted by Crippen LogP contribution is 2.32. The first kappa shape index (κ1) is 25.5. The van der Waals surface area contributed by atoms with Crippen LogP contribution in [0, 0.1) is 0 Å². The predicted octanol–water partition coefficient (Wildman–Crippen LogP) is 4.05. The fourth-order valence-electron chi connectivity index (χ4n) is 3.64. The van der Waals surface area contributed by atoms with Crippen LogP contribution in [0.3, 0.4) is 0 Å². The number of ether oxygens (including phenoxy) is 1. The highest BCUT2D eigenvalue weighted by molar-refractivity contribution is 7.92. The Hall–Kier alpha value is -4.57. The maximum Gasteiger partial charge on any atom is 0.264 e. The standard InChI is InChI=1S/C27H25N3O6S/c1-35-25-16-8-7-15-24(25)30(37(33,34)21-11-3-2-4-12-21)19-26(31)29-23-14-6-5-13-22(23)27(32)28-18-20-10-9-17-36-20/h2-17H,18-19H2,1H3,(H,28,32)(H,29,31). The Bertz CT molecular complexity index is 1470. The second kappa shape index (κ2) is 11.4. The molecule has 4 aromatic rings. The minimum Gasteiger partial charge on any atom is -0.495 e. The Morgan fingerprint density at radius 2 is 1.59 bits per heavy atom. The first-order chi connectivity index (χ1) is 17.9. The number of nitrogens with one attached hydrogen (secondary N) is 2. The molecule has 2 N–H and O–H groups in total. The molecule has 1 aromatic heterocycles. The van der Waals surface area contributed by atoms with Crippen molar-refractivity contribution in [3.63, 3.8) is 0 Å². The molecule has 10 heteroatoms. The average molecular weight is 520 g/mol. The number of hydrogen-bond acceptors (Lipinski definition) is 6. The number of sulfonamides is 1. The van der Waals surface area contributed by atoms with E-state index in [0.717, 1.165) is 4.31 Å². The molecule has 0 aliphatic carbocycles. The maximum absolute atomic E-state index is 13.6. The SMILES string of the molecule is COc1ccccc1N(CC(=O)Nc1ccccc1C(=O)NCc1ccco1)S(=O)(=O)c1ccccc1. The zero-order valence-electron chi connectivity index (χ0n) is 20.0. The van der Waals surface area contributed by atoms with Crippen LogP contribution in [-0.2, 0) is 21.4 Å². The Labute approximate surface area is 214 Å². The van der Waals surface area contributed by atoms with Crippen molar-refractivity contribution in [2.24, 2.45) is 0 Å². The van der Waals surface area contributed by atoms with Gasteiger partial charge in [0.25, 0.3) is 15.9 Å². The van der Waals surface area contributed by atoms with Crippen molar-refractivity contribution in [1.82, 2.24) is 5.32 Å². The van der Waals surface area contributed by atoms with Gasteiger partial charge in [0, 0.05) is 0 Å². The van der Waals surface area contributed by atoms with E-state index in [1.165, 1.54) is 25.5 Å². The first-order valence-electron chi connectivity index (χ1n) is 11.3.